The highest BCUT2D eigenvalue weighted by molar-refractivity contribution is 5.43. The summed E-state index contributed by atoms with van der Waals surface area (Å²) < 4.78 is 11.5. The molecule has 3 rings (SSSR count). The Bertz CT molecular complexity index is 453. The van der Waals surface area contributed by atoms with E-state index in [0.717, 1.165) is 25.1 Å². The first-order valence-electron chi connectivity index (χ1n) is 7.01. The topological polar surface area (TPSA) is 50.7 Å². The molecule has 4 nitrogen and oxygen atoms in total. The van der Waals surface area contributed by atoms with Crippen LogP contribution in [0.1, 0.15) is 24.5 Å². The molecule has 104 valence electrons. The zero-order valence-corrected chi connectivity index (χ0v) is 11.3. The Hall–Kier alpha value is -1.10. The lowest BCUT2D eigenvalue weighted by molar-refractivity contribution is -0.213. The molecule has 2 unspecified atom stereocenters. The van der Waals surface area contributed by atoms with Gasteiger partial charge in [-0.15, -0.1) is 0 Å². The summed E-state index contributed by atoms with van der Waals surface area (Å²) in [6, 6.07) is 6.08. The number of aliphatic hydroxyl groups is 1. The molecule has 0 bridgehead atoms. The number of hydrogen-bond acceptors (Lipinski definition) is 4. The number of aryl methyl sites for hydroxylation is 1. The second kappa shape index (κ2) is 5.12. The van der Waals surface area contributed by atoms with Gasteiger partial charge in [0.2, 0.25) is 5.79 Å². The van der Waals surface area contributed by atoms with E-state index in [2.05, 4.69) is 11.4 Å². The second-order valence-electron chi connectivity index (χ2n) is 5.47. The number of ether oxygens (including phenoxy) is 2. The first kappa shape index (κ1) is 12.9. The first-order valence-corrected chi connectivity index (χ1v) is 7.01. The van der Waals surface area contributed by atoms with Crippen LogP contribution in [0.3, 0.4) is 0 Å². The van der Waals surface area contributed by atoms with Crippen molar-refractivity contribution < 1.29 is 14.6 Å². The predicted molar refractivity (Wildman–Crippen MR) is 72.3 cm³/mol. The maximum atomic E-state index is 10.5. The lowest BCUT2D eigenvalue weighted by Crippen LogP contribution is -2.54. The number of fused-ring (bicyclic) bond motifs is 1. The number of benzene rings is 1. The van der Waals surface area contributed by atoms with E-state index in [4.69, 9.17) is 9.47 Å². The molecule has 4 heteroatoms. The van der Waals surface area contributed by atoms with Crippen molar-refractivity contribution in [1.29, 1.82) is 0 Å². The van der Waals surface area contributed by atoms with E-state index in [0.29, 0.717) is 13.2 Å². The third-order valence-corrected chi connectivity index (χ3v) is 3.94. The molecule has 0 aromatic heterocycles. The minimum Gasteiger partial charge on any atom is -0.460 e. The van der Waals surface area contributed by atoms with Crippen molar-refractivity contribution >= 4 is 0 Å². The molecule has 0 spiro atoms. The van der Waals surface area contributed by atoms with Gasteiger partial charge in [0.1, 0.15) is 11.9 Å². The zero-order valence-electron chi connectivity index (χ0n) is 11.3. The molecule has 1 aliphatic carbocycles. The van der Waals surface area contributed by atoms with E-state index in [-0.39, 0.29) is 6.10 Å². The first-order chi connectivity index (χ1) is 9.17. The lowest BCUT2D eigenvalue weighted by atomic mass is 10.1. The highest BCUT2D eigenvalue weighted by Gasteiger charge is 2.37. The summed E-state index contributed by atoms with van der Waals surface area (Å²) >= 11 is 0. The van der Waals surface area contributed by atoms with Gasteiger partial charge in [0.05, 0.1) is 6.61 Å². The SMILES string of the molecule is CC(O)(Oc1cccc2c1CCC2)C1CNCCO1. The molecule has 1 aromatic rings. The number of morpholine rings is 1. The Labute approximate surface area is 113 Å². The molecule has 2 atom stereocenters. The van der Waals surface area contributed by atoms with Crippen LogP contribution in [0.15, 0.2) is 18.2 Å². The number of rotatable bonds is 3. The van der Waals surface area contributed by atoms with Gasteiger partial charge in [0.15, 0.2) is 0 Å². The Morgan fingerprint density at radius 1 is 1.42 bits per heavy atom. The van der Waals surface area contributed by atoms with Crippen LogP contribution in [-0.4, -0.2) is 36.7 Å². The fraction of sp³-hybridized carbons (Fsp3) is 0.600. The molecule has 19 heavy (non-hydrogen) atoms. The van der Waals surface area contributed by atoms with E-state index < -0.39 is 5.79 Å². The smallest absolute Gasteiger partial charge is 0.232 e. The molecular weight excluding hydrogens is 242 g/mol. The van der Waals surface area contributed by atoms with E-state index in [1.54, 1.807) is 6.92 Å². The Morgan fingerprint density at radius 3 is 3.11 bits per heavy atom. The average Bonchev–Trinajstić information content (AvgIpc) is 2.89. The van der Waals surface area contributed by atoms with Crippen LogP contribution in [0.2, 0.25) is 0 Å². The molecule has 1 heterocycles. The van der Waals surface area contributed by atoms with Gasteiger partial charge in [0.25, 0.3) is 0 Å². The van der Waals surface area contributed by atoms with Crippen molar-refractivity contribution in [3.8, 4) is 5.75 Å². The van der Waals surface area contributed by atoms with Gasteiger partial charge in [-0.3, -0.25) is 0 Å². The minimum absolute atomic E-state index is 0.335. The van der Waals surface area contributed by atoms with Gasteiger partial charge in [-0.25, -0.2) is 0 Å². The molecule has 0 saturated carbocycles. The van der Waals surface area contributed by atoms with E-state index in [9.17, 15) is 5.11 Å². The van der Waals surface area contributed by atoms with Crippen molar-refractivity contribution in [2.75, 3.05) is 19.7 Å². The third kappa shape index (κ3) is 2.61. The maximum absolute atomic E-state index is 10.5. The summed E-state index contributed by atoms with van der Waals surface area (Å²) in [5, 5.41) is 13.8. The Kier molecular flexibility index (Phi) is 3.48. The van der Waals surface area contributed by atoms with E-state index in [1.165, 1.54) is 17.5 Å². The Morgan fingerprint density at radius 2 is 2.32 bits per heavy atom. The molecule has 2 aliphatic rings. The number of nitrogens with one attached hydrogen (secondary N) is 1. The van der Waals surface area contributed by atoms with Crippen LogP contribution < -0.4 is 10.1 Å². The van der Waals surface area contributed by atoms with Crippen LogP contribution >= 0.6 is 0 Å². The van der Waals surface area contributed by atoms with Gasteiger partial charge in [-0.05, 0) is 36.5 Å². The Balaban J connectivity index is 1.78. The molecular formula is C15H21NO3. The fourth-order valence-electron chi connectivity index (χ4n) is 2.88. The molecule has 1 aromatic carbocycles. The summed E-state index contributed by atoms with van der Waals surface area (Å²) in [5.74, 6) is -0.500. The molecule has 1 saturated heterocycles. The third-order valence-electron chi connectivity index (χ3n) is 3.94. The summed E-state index contributed by atoms with van der Waals surface area (Å²) in [4.78, 5) is 0. The molecule has 0 amide bonds. The standard InChI is InChI=1S/C15H21NO3/c1-15(17,14-10-16-8-9-18-14)19-13-7-3-5-11-4-2-6-12(11)13/h3,5,7,14,16-17H,2,4,6,8-10H2,1H3. The van der Waals surface area contributed by atoms with Crippen LogP contribution in [-0.2, 0) is 17.6 Å². The van der Waals surface area contributed by atoms with Crippen molar-refractivity contribution in [1.82, 2.24) is 5.32 Å². The summed E-state index contributed by atoms with van der Waals surface area (Å²) in [5.41, 5.74) is 2.59. The summed E-state index contributed by atoms with van der Waals surface area (Å²) in [7, 11) is 0. The summed E-state index contributed by atoms with van der Waals surface area (Å²) in [6.07, 6.45) is 2.97. The molecule has 1 fully saturated rings. The van der Waals surface area contributed by atoms with Gasteiger partial charge in [-0.2, -0.15) is 0 Å². The van der Waals surface area contributed by atoms with Crippen LogP contribution in [0, 0.1) is 0 Å². The molecule has 2 N–H and O–H groups in total. The van der Waals surface area contributed by atoms with E-state index in [1.807, 2.05) is 12.1 Å². The molecule has 1 aliphatic heterocycles. The van der Waals surface area contributed by atoms with Crippen molar-refractivity contribution in [3.63, 3.8) is 0 Å². The maximum Gasteiger partial charge on any atom is 0.232 e. The van der Waals surface area contributed by atoms with Gasteiger partial charge < -0.3 is 19.9 Å². The monoisotopic (exact) mass is 263 g/mol. The van der Waals surface area contributed by atoms with Crippen molar-refractivity contribution in [3.05, 3.63) is 29.3 Å². The van der Waals surface area contributed by atoms with Gasteiger partial charge in [-0.1, -0.05) is 12.1 Å². The van der Waals surface area contributed by atoms with Crippen LogP contribution in [0.5, 0.6) is 5.75 Å². The molecule has 0 radical (unpaired) electrons. The van der Waals surface area contributed by atoms with Gasteiger partial charge >= 0.3 is 0 Å². The zero-order chi connectivity index (χ0) is 13.3. The minimum atomic E-state index is -1.30. The average molecular weight is 263 g/mol. The van der Waals surface area contributed by atoms with E-state index >= 15 is 0 Å². The second-order valence-corrected chi connectivity index (χ2v) is 5.47. The van der Waals surface area contributed by atoms with Gasteiger partial charge in [0, 0.05) is 20.0 Å². The summed E-state index contributed by atoms with van der Waals surface area (Å²) in [6.45, 7) is 3.73. The number of hydrogen-bond donors (Lipinski definition) is 2. The van der Waals surface area contributed by atoms with Crippen molar-refractivity contribution in [2.24, 2.45) is 0 Å². The normalized spacial score (nSPS) is 25.7. The highest BCUT2D eigenvalue weighted by Crippen LogP contribution is 2.33. The van der Waals surface area contributed by atoms with Crippen LogP contribution in [0.4, 0.5) is 0 Å². The highest BCUT2D eigenvalue weighted by atomic mass is 16.7. The van der Waals surface area contributed by atoms with Crippen molar-refractivity contribution in [2.45, 2.75) is 38.1 Å². The lowest BCUT2D eigenvalue weighted by Gasteiger charge is -2.36. The predicted octanol–water partition coefficient (Wildman–Crippen LogP) is 1.25. The fourth-order valence-corrected chi connectivity index (χ4v) is 2.88. The quantitative estimate of drug-likeness (QED) is 0.806. The largest absolute Gasteiger partial charge is 0.460 e. The van der Waals surface area contributed by atoms with Crippen LogP contribution in [0.25, 0.3) is 0 Å².